The molecule has 2 heterocycles. The van der Waals surface area contributed by atoms with E-state index in [4.69, 9.17) is 9.47 Å². The third-order valence-electron chi connectivity index (χ3n) is 4.65. The van der Waals surface area contributed by atoms with Gasteiger partial charge in [0.05, 0.1) is 12.2 Å². The summed E-state index contributed by atoms with van der Waals surface area (Å²) in [6.45, 7) is 11.5. The maximum atomic E-state index is 12.5. The van der Waals surface area contributed by atoms with Crippen molar-refractivity contribution in [2.24, 2.45) is 0 Å². The number of nitrogens with zero attached hydrogens (tertiary/aromatic N) is 1. The number of aryl methyl sites for hydroxylation is 2. The lowest BCUT2D eigenvalue weighted by molar-refractivity contribution is 0.0468. The Morgan fingerprint density at radius 2 is 1.70 bits per heavy atom. The molecule has 0 aromatic carbocycles. The van der Waals surface area contributed by atoms with E-state index < -0.39 is 11.9 Å². The van der Waals surface area contributed by atoms with E-state index in [1.54, 1.807) is 26.8 Å². The van der Waals surface area contributed by atoms with Gasteiger partial charge in [-0.05, 0) is 53.2 Å². The van der Waals surface area contributed by atoms with Crippen LogP contribution in [0.5, 0.6) is 0 Å². The van der Waals surface area contributed by atoms with Crippen LogP contribution in [0, 0.1) is 27.7 Å². The van der Waals surface area contributed by atoms with Gasteiger partial charge in [-0.3, -0.25) is 4.79 Å². The van der Waals surface area contributed by atoms with Crippen molar-refractivity contribution < 1.29 is 23.9 Å². The molecule has 0 spiro atoms. The first-order valence-corrected chi connectivity index (χ1v) is 8.96. The molecule has 2 aromatic rings. The Bertz CT molecular complexity index is 889. The number of esters is 2. The minimum Gasteiger partial charge on any atom is -0.462 e. The van der Waals surface area contributed by atoms with Crippen LogP contribution >= 0.6 is 0 Å². The molecule has 7 nitrogen and oxygen atoms in total. The fraction of sp³-hybridized carbons (Fsp3) is 0.450. The molecule has 0 aliphatic heterocycles. The van der Waals surface area contributed by atoms with Crippen LogP contribution in [0.3, 0.4) is 0 Å². The van der Waals surface area contributed by atoms with E-state index in [0.29, 0.717) is 22.4 Å². The van der Waals surface area contributed by atoms with Crippen LogP contribution in [0.4, 0.5) is 0 Å². The normalized spacial score (nSPS) is 10.7. The van der Waals surface area contributed by atoms with Gasteiger partial charge in [-0.2, -0.15) is 0 Å². The Morgan fingerprint density at radius 1 is 1.04 bits per heavy atom. The van der Waals surface area contributed by atoms with E-state index in [2.05, 4.69) is 4.98 Å². The number of carbonyl (C=O) groups is 3. The Morgan fingerprint density at radius 3 is 2.26 bits per heavy atom. The summed E-state index contributed by atoms with van der Waals surface area (Å²) in [5.41, 5.74) is 3.84. The molecule has 0 atom stereocenters. The summed E-state index contributed by atoms with van der Waals surface area (Å²) < 4.78 is 12.2. The summed E-state index contributed by atoms with van der Waals surface area (Å²) in [5, 5.41) is 0. The SMILES string of the molecule is CCOC(=O)c1c(C)[nH]c(C(=O)OCC(=O)c2cc(C)n(CC)c2C)c1C. The van der Waals surface area contributed by atoms with Gasteiger partial charge in [0.25, 0.3) is 0 Å². The average Bonchev–Trinajstić information content (AvgIpc) is 3.07. The molecule has 0 saturated carbocycles. The van der Waals surface area contributed by atoms with E-state index in [1.807, 2.05) is 25.3 Å². The molecule has 0 unspecified atom stereocenters. The largest absolute Gasteiger partial charge is 0.462 e. The highest BCUT2D eigenvalue weighted by atomic mass is 16.5. The molecular formula is C20H26N2O5. The molecule has 2 aromatic heterocycles. The fourth-order valence-electron chi connectivity index (χ4n) is 3.31. The van der Waals surface area contributed by atoms with Crippen LogP contribution in [-0.4, -0.2) is 40.5 Å². The second-order valence-corrected chi connectivity index (χ2v) is 6.37. The van der Waals surface area contributed by atoms with Crippen LogP contribution in [-0.2, 0) is 16.0 Å². The van der Waals surface area contributed by atoms with Crippen molar-refractivity contribution in [2.75, 3.05) is 13.2 Å². The van der Waals surface area contributed by atoms with Crippen molar-refractivity contribution in [3.8, 4) is 0 Å². The van der Waals surface area contributed by atoms with Gasteiger partial charge in [-0.15, -0.1) is 0 Å². The van der Waals surface area contributed by atoms with Gasteiger partial charge in [0.1, 0.15) is 5.69 Å². The molecule has 7 heteroatoms. The van der Waals surface area contributed by atoms with Gasteiger partial charge in [0.15, 0.2) is 6.61 Å². The summed E-state index contributed by atoms with van der Waals surface area (Å²) in [5.74, 6) is -1.43. The number of H-pyrrole nitrogens is 1. The number of nitrogens with one attached hydrogen (secondary N) is 1. The zero-order valence-electron chi connectivity index (χ0n) is 16.7. The Balaban J connectivity index is 2.14. The lowest BCUT2D eigenvalue weighted by Crippen LogP contribution is -2.16. The molecule has 0 radical (unpaired) electrons. The lowest BCUT2D eigenvalue weighted by atomic mass is 10.1. The molecule has 0 amide bonds. The number of rotatable bonds is 7. The minimum atomic E-state index is -0.677. The zero-order chi connectivity index (χ0) is 20.3. The Labute approximate surface area is 158 Å². The summed E-state index contributed by atoms with van der Waals surface area (Å²) in [4.78, 5) is 39.7. The third-order valence-corrected chi connectivity index (χ3v) is 4.65. The molecule has 27 heavy (non-hydrogen) atoms. The minimum absolute atomic E-state index is 0.155. The molecule has 0 aliphatic rings. The van der Waals surface area contributed by atoms with E-state index in [-0.39, 0.29) is 24.7 Å². The molecule has 0 bridgehead atoms. The molecule has 2 rings (SSSR count). The Hall–Kier alpha value is -2.83. The molecule has 146 valence electrons. The maximum absolute atomic E-state index is 12.5. The van der Waals surface area contributed by atoms with Gasteiger partial charge in [-0.1, -0.05) is 0 Å². The summed E-state index contributed by atoms with van der Waals surface area (Å²) >= 11 is 0. The van der Waals surface area contributed by atoms with Crippen molar-refractivity contribution in [3.05, 3.63) is 45.5 Å². The summed E-state index contributed by atoms with van der Waals surface area (Å²) in [6, 6.07) is 1.80. The fourth-order valence-corrected chi connectivity index (χ4v) is 3.31. The van der Waals surface area contributed by atoms with E-state index in [1.165, 1.54) is 0 Å². The van der Waals surface area contributed by atoms with Gasteiger partial charge >= 0.3 is 11.9 Å². The first kappa shape index (κ1) is 20.5. The number of hydrogen-bond donors (Lipinski definition) is 1. The van der Waals surface area contributed by atoms with Gasteiger partial charge in [0.2, 0.25) is 5.78 Å². The van der Waals surface area contributed by atoms with Crippen molar-refractivity contribution in [2.45, 2.75) is 48.1 Å². The topological polar surface area (TPSA) is 90.4 Å². The first-order chi connectivity index (χ1) is 12.7. The predicted octanol–water partition coefficient (Wildman–Crippen LogP) is 3.29. The number of ketones is 1. The average molecular weight is 374 g/mol. The number of aromatic amines is 1. The highest BCUT2D eigenvalue weighted by molar-refractivity contribution is 6.02. The maximum Gasteiger partial charge on any atom is 0.355 e. The number of aromatic nitrogens is 2. The molecular weight excluding hydrogens is 348 g/mol. The van der Waals surface area contributed by atoms with Gasteiger partial charge < -0.3 is 19.0 Å². The third kappa shape index (κ3) is 3.97. The molecule has 0 aliphatic carbocycles. The van der Waals surface area contributed by atoms with Crippen molar-refractivity contribution in [1.29, 1.82) is 0 Å². The Kier molecular flexibility index (Phi) is 6.25. The number of hydrogen-bond acceptors (Lipinski definition) is 5. The smallest absolute Gasteiger partial charge is 0.355 e. The van der Waals surface area contributed by atoms with Gasteiger partial charge in [0, 0.05) is 29.2 Å². The molecule has 0 fully saturated rings. The second-order valence-electron chi connectivity index (χ2n) is 6.37. The standard InChI is InChI=1S/C20H26N2O5/c1-7-22-11(3)9-15(14(22)6)16(23)10-27-20(25)18-12(4)17(13(5)21-18)19(24)26-8-2/h9,21H,7-8,10H2,1-6H3. The molecule has 0 saturated heterocycles. The van der Waals surface area contributed by atoms with E-state index in [0.717, 1.165) is 17.9 Å². The summed E-state index contributed by atoms with van der Waals surface area (Å²) in [6.07, 6.45) is 0. The van der Waals surface area contributed by atoms with Crippen LogP contribution in [0.1, 0.15) is 67.7 Å². The predicted molar refractivity (Wildman–Crippen MR) is 100 cm³/mol. The monoisotopic (exact) mass is 374 g/mol. The van der Waals surface area contributed by atoms with Crippen molar-refractivity contribution in [1.82, 2.24) is 9.55 Å². The van der Waals surface area contributed by atoms with Crippen molar-refractivity contribution in [3.63, 3.8) is 0 Å². The highest BCUT2D eigenvalue weighted by Gasteiger charge is 2.24. The van der Waals surface area contributed by atoms with E-state index >= 15 is 0 Å². The second kappa shape index (κ2) is 8.24. The number of Topliss-reactive ketones (excluding diaryl/α,β-unsaturated/α-hetero) is 1. The van der Waals surface area contributed by atoms with Crippen LogP contribution in [0.25, 0.3) is 0 Å². The first-order valence-electron chi connectivity index (χ1n) is 8.96. The van der Waals surface area contributed by atoms with Crippen LogP contribution in [0.15, 0.2) is 6.07 Å². The number of carbonyl (C=O) groups excluding carboxylic acids is 3. The van der Waals surface area contributed by atoms with Crippen LogP contribution in [0.2, 0.25) is 0 Å². The van der Waals surface area contributed by atoms with Crippen molar-refractivity contribution >= 4 is 17.7 Å². The summed E-state index contributed by atoms with van der Waals surface area (Å²) in [7, 11) is 0. The lowest BCUT2D eigenvalue weighted by Gasteiger charge is -2.06. The number of ether oxygens (including phenoxy) is 2. The quantitative estimate of drug-likeness (QED) is 0.593. The van der Waals surface area contributed by atoms with Crippen LogP contribution < -0.4 is 0 Å². The van der Waals surface area contributed by atoms with E-state index in [9.17, 15) is 14.4 Å². The zero-order valence-corrected chi connectivity index (χ0v) is 16.7. The highest BCUT2D eigenvalue weighted by Crippen LogP contribution is 2.20. The molecule has 1 N–H and O–H groups in total. The van der Waals surface area contributed by atoms with Gasteiger partial charge in [-0.25, -0.2) is 9.59 Å².